The number of hydrogen-bond acceptors (Lipinski definition) is 4. The number of hydrogen-bond donors (Lipinski definition) is 2. The second kappa shape index (κ2) is 4.34. The number of carbonyl (C=O) groups is 1. The normalized spacial score (nSPS) is 12.8. The van der Waals surface area contributed by atoms with Gasteiger partial charge in [-0.3, -0.25) is 9.36 Å². The van der Waals surface area contributed by atoms with Gasteiger partial charge in [0.05, 0.1) is 0 Å². The van der Waals surface area contributed by atoms with Crippen LogP contribution in [0.3, 0.4) is 0 Å². The molecular formula is C10H15N3O3. The van der Waals surface area contributed by atoms with Crippen molar-refractivity contribution in [3.05, 3.63) is 22.1 Å². The van der Waals surface area contributed by atoms with Gasteiger partial charge in [0.1, 0.15) is 6.04 Å². The molecule has 0 aliphatic carbocycles. The molecule has 1 aromatic rings. The fourth-order valence-electron chi connectivity index (χ4n) is 1.60. The summed E-state index contributed by atoms with van der Waals surface area (Å²) in [6.45, 7) is 5.06. The maximum absolute atomic E-state index is 11.7. The predicted octanol–water partition coefficient (Wildman–Crippen LogP) is 0.416. The van der Waals surface area contributed by atoms with Crippen LogP contribution in [0.15, 0.2) is 10.9 Å². The van der Waals surface area contributed by atoms with Crippen LogP contribution in [0.1, 0.15) is 25.6 Å². The maximum atomic E-state index is 11.7. The number of carboxylic acids is 1. The molecule has 0 radical (unpaired) electrons. The summed E-state index contributed by atoms with van der Waals surface area (Å²) >= 11 is 0. The van der Waals surface area contributed by atoms with Gasteiger partial charge in [-0.05, 0) is 12.8 Å². The highest BCUT2D eigenvalue weighted by atomic mass is 16.4. The number of nitrogens with zero attached hydrogens (tertiary/aromatic N) is 2. The van der Waals surface area contributed by atoms with Gasteiger partial charge in [-0.1, -0.05) is 13.8 Å². The summed E-state index contributed by atoms with van der Waals surface area (Å²) in [7, 11) is 0. The second-order valence-corrected chi connectivity index (χ2v) is 3.99. The molecule has 0 fully saturated rings. The van der Waals surface area contributed by atoms with Crippen LogP contribution < -0.4 is 11.3 Å². The molecule has 1 aromatic heterocycles. The van der Waals surface area contributed by atoms with Crippen molar-refractivity contribution in [2.45, 2.75) is 26.8 Å². The van der Waals surface area contributed by atoms with Gasteiger partial charge in [-0.25, -0.2) is 9.78 Å². The molecule has 1 heterocycles. The number of aliphatic carboxylic acids is 1. The predicted molar refractivity (Wildman–Crippen MR) is 59.2 cm³/mol. The molecule has 3 N–H and O–H groups in total. The van der Waals surface area contributed by atoms with Gasteiger partial charge in [0.2, 0.25) is 5.95 Å². The van der Waals surface area contributed by atoms with Crippen molar-refractivity contribution < 1.29 is 9.90 Å². The summed E-state index contributed by atoms with van der Waals surface area (Å²) in [6.07, 6.45) is 0. The molecule has 16 heavy (non-hydrogen) atoms. The van der Waals surface area contributed by atoms with E-state index in [-0.39, 0.29) is 11.9 Å². The Labute approximate surface area is 92.7 Å². The van der Waals surface area contributed by atoms with Crippen molar-refractivity contribution in [2.75, 3.05) is 5.73 Å². The second-order valence-electron chi connectivity index (χ2n) is 3.99. The van der Waals surface area contributed by atoms with E-state index in [4.69, 9.17) is 10.8 Å². The van der Waals surface area contributed by atoms with E-state index in [2.05, 4.69) is 4.98 Å². The van der Waals surface area contributed by atoms with Crippen molar-refractivity contribution in [3.8, 4) is 0 Å². The van der Waals surface area contributed by atoms with Crippen molar-refractivity contribution in [1.82, 2.24) is 9.55 Å². The van der Waals surface area contributed by atoms with Crippen LogP contribution in [0.5, 0.6) is 0 Å². The first-order chi connectivity index (χ1) is 7.34. The lowest BCUT2D eigenvalue weighted by atomic mass is 10.0. The van der Waals surface area contributed by atoms with E-state index in [0.29, 0.717) is 5.69 Å². The minimum absolute atomic E-state index is 0.0638. The Hall–Kier alpha value is -1.85. The number of aryl methyl sites for hydroxylation is 1. The van der Waals surface area contributed by atoms with Crippen molar-refractivity contribution >= 4 is 11.9 Å². The van der Waals surface area contributed by atoms with E-state index in [1.165, 1.54) is 6.07 Å². The van der Waals surface area contributed by atoms with E-state index >= 15 is 0 Å². The molecule has 0 bridgehead atoms. The Morgan fingerprint density at radius 2 is 2.12 bits per heavy atom. The molecule has 0 spiro atoms. The first-order valence-electron chi connectivity index (χ1n) is 4.93. The van der Waals surface area contributed by atoms with Gasteiger partial charge in [-0.2, -0.15) is 0 Å². The minimum Gasteiger partial charge on any atom is -0.480 e. The zero-order valence-corrected chi connectivity index (χ0v) is 9.47. The Morgan fingerprint density at radius 1 is 1.56 bits per heavy atom. The Morgan fingerprint density at radius 3 is 2.50 bits per heavy atom. The van der Waals surface area contributed by atoms with Crippen LogP contribution in [0, 0.1) is 12.8 Å². The number of aromatic nitrogens is 2. The van der Waals surface area contributed by atoms with Gasteiger partial charge < -0.3 is 10.8 Å². The van der Waals surface area contributed by atoms with Crippen molar-refractivity contribution in [1.29, 1.82) is 0 Å². The van der Waals surface area contributed by atoms with E-state index in [1.807, 2.05) is 0 Å². The maximum Gasteiger partial charge on any atom is 0.327 e. The third kappa shape index (κ3) is 2.21. The number of anilines is 1. The third-order valence-corrected chi connectivity index (χ3v) is 2.27. The van der Waals surface area contributed by atoms with Crippen LogP contribution >= 0.6 is 0 Å². The number of nitrogen functional groups attached to an aromatic ring is 1. The lowest BCUT2D eigenvalue weighted by Gasteiger charge is -2.20. The highest BCUT2D eigenvalue weighted by Crippen LogP contribution is 2.18. The largest absolute Gasteiger partial charge is 0.480 e. The molecule has 0 saturated heterocycles. The van der Waals surface area contributed by atoms with E-state index in [0.717, 1.165) is 4.57 Å². The monoisotopic (exact) mass is 225 g/mol. The molecule has 0 amide bonds. The molecule has 0 aliphatic rings. The summed E-state index contributed by atoms with van der Waals surface area (Å²) in [6, 6.07) is 0.287. The molecule has 0 saturated carbocycles. The molecule has 0 unspecified atom stereocenters. The van der Waals surface area contributed by atoms with Crippen molar-refractivity contribution in [2.24, 2.45) is 5.92 Å². The molecule has 88 valence electrons. The quantitative estimate of drug-likeness (QED) is 0.776. The highest BCUT2D eigenvalue weighted by Gasteiger charge is 2.26. The van der Waals surface area contributed by atoms with Crippen LogP contribution in [0.2, 0.25) is 0 Å². The Kier molecular flexibility index (Phi) is 3.31. The third-order valence-electron chi connectivity index (χ3n) is 2.27. The summed E-state index contributed by atoms with van der Waals surface area (Å²) in [5.41, 5.74) is 5.63. The molecule has 6 nitrogen and oxygen atoms in total. The highest BCUT2D eigenvalue weighted by molar-refractivity contribution is 5.72. The van der Waals surface area contributed by atoms with Crippen LogP contribution in [-0.4, -0.2) is 20.6 Å². The van der Waals surface area contributed by atoms with Crippen LogP contribution in [0.25, 0.3) is 0 Å². The smallest absolute Gasteiger partial charge is 0.327 e. The molecule has 1 rings (SSSR count). The number of carboxylic acid groups (broad SMARTS) is 1. The van der Waals surface area contributed by atoms with Crippen LogP contribution in [0.4, 0.5) is 5.95 Å². The van der Waals surface area contributed by atoms with Gasteiger partial charge in [0.25, 0.3) is 5.56 Å². The molecule has 0 aliphatic heterocycles. The fourth-order valence-corrected chi connectivity index (χ4v) is 1.60. The summed E-state index contributed by atoms with van der Waals surface area (Å²) in [4.78, 5) is 26.7. The van der Waals surface area contributed by atoms with Gasteiger partial charge >= 0.3 is 5.97 Å². The lowest BCUT2D eigenvalue weighted by molar-refractivity contribution is -0.142. The standard InChI is InChI=1S/C10H15N3O3/c1-5(2)8(9(15)16)13-7(14)4-6(3)12-10(13)11/h4-5,8H,1-3H3,(H2,11,12)(H,15,16)/t8-/m0/s1. The molecular weight excluding hydrogens is 210 g/mol. The van der Waals surface area contributed by atoms with Crippen LogP contribution in [-0.2, 0) is 4.79 Å². The van der Waals surface area contributed by atoms with Crippen molar-refractivity contribution in [3.63, 3.8) is 0 Å². The first-order valence-corrected chi connectivity index (χ1v) is 4.93. The molecule has 1 atom stereocenters. The summed E-state index contributed by atoms with van der Waals surface area (Å²) < 4.78 is 1.01. The average molecular weight is 225 g/mol. The van der Waals surface area contributed by atoms with E-state index < -0.39 is 17.6 Å². The number of rotatable bonds is 3. The summed E-state index contributed by atoms with van der Waals surface area (Å²) in [5, 5.41) is 9.07. The van der Waals surface area contributed by atoms with Gasteiger partial charge in [-0.15, -0.1) is 0 Å². The van der Waals surface area contributed by atoms with Gasteiger partial charge in [0, 0.05) is 11.8 Å². The van der Waals surface area contributed by atoms with Gasteiger partial charge in [0.15, 0.2) is 0 Å². The SMILES string of the molecule is Cc1cc(=O)n([C@H](C(=O)O)C(C)C)c(N)n1. The zero-order valence-electron chi connectivity index (χ0n) is 9.47. The Balaban J connectivity index is 3.41. The number of nitrogens with two attached hydrogens (primary N) is 1. The van der Waals surface area contributed by atoms with E-state index in [9.17, 15) is 9.59 Å². The zero-order chi connectivity index (χ0) is 12.5. The first kappa shape index (κ1) is 12.2. The average Bonchev–Trinajstić information content (AvgIpc) is 2.09. The fraction of sp³-hybridized carbons (Fsp3) is 0.500. The molecule has 6 heteroatoms. The Bertz CT molecular complexity index is 465. The molecule has 0 aromatic carbocycles. The topological polar surface area (TPSA) is 98.2 Å². The summed E-state index contributed by atoms with van der Waals surface area (Å²) in [5.74, 6) is -1.40. The minimum atomic E-state index is -1.09. The van der Waals surface area contributed by atoms with E-state index in [1.54, 1.807) is 20.8 Å². The lowest BCUT2D eigenvalue weighted by Crippen LogP contribution is -2.35.